The molecule has 1 N–H and O–H groups in total. The van der Waals surface area contributed by atoms with Gasteiger partial charge in [0, 0.05) is 12.2 Å². The number of pyridine rings is 1. The van der Waals surface area contributed by atoms with Crippen LogP contribution in [0.4, 0.5) is 5.82 Å². The minimum absolute atomic E-state index is 0.00741. The van der Waals surface area contributed by atoms with Crippen LogP contribution in [0, 0.1) is 6.92 Å². The van der Waals surface area contributed by atoms with Gasteiger partial charge in [0.15, 0.2) is 21.3 Å². The van der Waals surface area contributed by atoms with Crippen LogP contribution >= 0.6 is 11.6 Å². The number of aromatic nitrogens is 5. The lowest BCUT2D eigenvalue weighted by molar-refractivity contribution is 0.592. The molecule has 154 valence electrons. The van der Waals surface area contributed by atoms with Crippen LogP contribution in [0.25, 0.3) is 11.2 Å². The monoisotopic (exact) mass is 436 g/mol. The molecule has 0 saturated heterocycles. The Kier molecular flexibility index (Phi) is 5.85. The van der Waals surface area contributed by atoms with E-state index in [0.717, 1.165) is 0 Å². The summed E-state index contributed by atoms with van der Waals surface area (Å²) in [5, 5.41) is 3.04. The lowest BCUT2D eigenvalue weighted by Gasteiger charge is -2.16. The Balaban J connectivity index is 1.97. The first kappa shape index (κ1) is 21.1. The van der Waals surface area contributed by atoms with E-state index in [2.05, 4.69) is 25.3 Å². The molecule has 0 atom stereocenters. The number of rotatable bonds is 6. The molecule has 0 spiro atoms. The number of hydrogen-bond donors (Lipinski definition) is 1. The Morgan fingerprint density at radius 3 is 2.52 bits per heavy atom. The van der Waals surface area contributed by atoms with Crippen molar-refractivity contribution < 1.29 is 8.42 Å². The molecule has 0 unspecified atom stereocenters. The van der Waals surface area contributed by atoms with E-state index in [1.54, 1.807) is 19.9 Å². The number of sulfone groups is 1. The van der Waals surface area contributed by atoms with E-state index in [-0.39, 0.29) is 39.9 Å². The molecule has 0 aliphatic carbocycles. The molecule has 0 radical (unpaired) electrons. The highest BCUT2D eigenvalue weighted by Crippen LogP contribution is 2.19. The molecular weight excluding hydrogens is 416 g/mol. The Bertz CT molecular complexity index is 1220. The predicted molar refractivity (Wildman–Crippen MR) is 111 cm³/mol. The third kappa shape index (κ3) is 4.23. The van der Waals surface area contributed by atoms with Gasteiger partial charge in [-0.25, -0.2) is 18.4 Å². The molecule has 3 aromatic rings. The van der Waals surface area contributed by atoms with E-state index >= 15 is 0 Å². The van der Waals surface area contributed by atoms with Crippen molar-refractivity contribution in [2.24, 2.45) is 0 Å². The van der Waals surface area contributed by atoms with E-state index < -0.39 is 9.84 Å². The summed E-state index contributed by atoms with van der Waals surface area (Å²) in [5.41, 5.74) is 1.64. The highest BCUT2D eigenvalue weighted by Gasteiger charge is 2.17. The second-order valence-electron chi connectivity index (χ2n) is 6.72. The molecule has 0 aliphatic heterocycles. The zero-order valence-corrected chi connectivity index (χ0v) is 18.0. The summed E-state index contributed by atoms with van der Waals surface area (Å²) in [6.07, 6.45) is 1.32. The largest absolute Gasteiger partial charge is 0.360 e. The summed E-state index contributed by atoms with van der Waals surface area (Å²) in [5.74, 6) is 0.139. The molecule has 9 nitrogen and oxygen atoms in total. The minimum atomic E-state index is -3.31. The molecule has 3 aromatic heterocycles. The van der Waals surface area contributed by atoms with Crippen molar-refractivity contribution in [3.63, 3.8) is 0 Å². The maximum absolute atomic E-state index is 12.9. The molecule has 0 aliphatic rings. The minimum Gasteiger partial charge on any atom is -0.360 e. The fraction of sp³-hybridized carbons (Fsp3) is 0.389. The molecule has 0 saturated carbocycles. The number of hydrogen-bond acceptors (Lipinski definition) is 8. The average Bonchev–Trinajstić information content (AvgIpc) is 2.66. The molecule has 11 heteroatoms. The second kappa shape index (κ2) is 8.03. The number of fused-ring (bicyclic) bond motifs is 1. The first-order valence-electron chi connectivity index (χ1n) is 9.02. The maximum atomic E-state index is 12.9. The third-order valence-corrected chi connectivity index (χ3v) is 6.26. The summed E-state index contributed by atoms with van der Waals surface area (Å²) in [6.45, 7) is 7.26. The Morgan fingerprint density at radius 1 is 1.21 bits per heavy atom. The van der Waals surface area contributed by atoms with Crippen molar-refractivity contribution in [3.8, 4) is 0 Å². The quantitative estimate of drug-likeness (QED) is 0.585. The van der Waals surface area contributed by atoms with E-state index in [4.69, 9.17) is 11.6 Å². The van der Waals surface area contributed by atoms with Gasteiger partial charge >= 0.3 is 0 Å². The number of nitrogens with one attached hydrogen (secondary N) is 1. The highest BCUT2D eigenvalue weighted by atomic mass is 35.5. The molecule has 0 aromatic carbocycles. The standard InChI is InChI=1S/C18H21ClN6O3S/c1-5-29(27,28)13-7-6-12(20-9-13)8-21-15-17(26)25(10(2)3)16-14(23-15)11(4)22-18(19)24-16/h6-7,9-10H,5,8H2,1-4H3,(H,21,23). The van der Waals surface area contributed by atoms with Gasteiger partial charge in [0.05, 0.1) is 28.6 Å². The van der Waals surface area contributed by atoms with E-state index in [1.165, 1.54) is 16.8 Å². The molecule has 3 heterocycles. The lowest BCUT2D eigenvalue weighted by atomic mass is 10.3. The zero-order chi connectivity index (χ0) is 21.3. The van der Waals surface area contributed by atoms with Crippen LogP contribution in [0.2, 0.25) is 5.28 Å². The van der Waals surface area contributed by atoms with E-state index in [0.29, 0.717) is 22.6 Å². The fourth-order valence-electron chi connectivity index (χ4n) is 2.82. The number of nitrogens with zero attached hydrogens (tertiary/aromatic N) is 5. The van der Waals surface area contributed by atoms with E-state index in [1.807, 2.05) is 13.8 Å². The number of anilines is 1. The summed E-state index contributed by atoms with van der Waals surface area (Å²) in [4.78, 5) is 29.9. The Hall–Kier alpha value is -2.59. The van der Waals surface area contributed by atoms with Gasteiger partial charge in [-0.15, -0.1) is 0 Å². The topological polar surface area (TPSA) is 120 Å². The van der Waals surface area contributed by atoms with Crippen LogP contribution in [-0.2, 0) is 16.4 Å². The van der Waals surface area contributed by atoms with E-state index in [9.17, 15) is 13.2 Å². The lowest BCUT2D eigenvalue weighted by Crippen LogP contribution is -2.28. The van der Waals surface area contributed by atoms with Crippen LogP contribution in [0.3, 0.4) is 0 Å². The third-order valence-electron chi connectivity index (χ3n) is 4.38. The van der Waals surface area contributed by atoms with Crippen LogP contribution in [0.5, 0.6) is 0 Å². The Labute approximate surface area is 173 Å². The first-order chi connectivity index (χ1) is 13.6. The molecule has 0 fully saturated rings. The molecular formula is C18H21ClN6O3S. The average molecular weight is 437 g/mol. The van der Waals surface area contributed by atoms with Crippen molar-refractivity contribution in [2.75, 3.05) is 11.1 Å². The number of aryl methyl sites for hydroxylation is 1. The highest BCUT2D eigenvalue weighted by molar-refractivity contribution is 7.91. The van der Waals surface area contributed by atoms with Gasteiger partial charge in [-0.2, -0.15) is 4.98 Å². The van der Waals surface area contributed by atoms with Gasteiger partial charge in [0.25, 0.3) is 5.56 Å². The van der Waals surface area contributed by atoms with Gasteiger partial charge in [0.1, 0.15) is 5.52 Å². The van der Waals surface area contributed by atoms with Crippen molar-refractivity contribution in [2.45, 2.75) is 45.2 Å². The SMILES string of the molecule is CCS(=O)(=O)c1ccc(CNc2nc3c(C)nc(Cl)nc3n(C(C)C)c2=O)nc1. The molecule has 0 amide bonds. The van der Waals surface area contributed by atoms with Gasteiger partial charge in [0.2, 0.25) is 5.28 Å². The van der Waals surface area contributed by atoms with Crippen molar-refractivity contribution >= 4 is 38.4 Å². The zero-order valence-electron chi connectivity index (χ0n) is 16.5. The summed E-state index contributed by atoms with van der Waals surface area (Å²) in [6, 6.07) is 2.94. The molecule has 29 heavy (non-hydrogen) atoms. The molecule has 0 bridgehead atoms. The normalized spacial score (nSPS) is 11.9. The van der Waals surface area contributed by atoms with Crippen molar-refractivity contribution in [1.82, 2.24) is 24.5 Å². The van der Waals surface area contributed by atoms with Gasteiger partial charge in [-0.3, -0.25) is 14.3 Å². The smallest absolute Gasteiger partial charge is 0.295 e. The van der Waals surface area contributed by atoms with Crippen molar-refractivity contribution in [1.29, 1.82) is 0 Å². The second-order valence-corrected chi connectivity index (χ2v) is 9.34. The van der Waals surface area contributed by atoms with Gasteiger partial charge < -0.3 is 5.32 Å². The first-order valence-corrected chi connectivity index (χ1v) is 11.0. The van der Waals surface area contributed by atoms with Crippen LogP contribution < -0.4 is 10.9 Å². The fourth-order valence-corrected chi connectivity index (χ4v) is 3.85. The summed E-state index contributed by atoms with van der Waals surface area (Å²) in [7, 11) is -3.31. The molecule has 3 rings (SSSR count). The van der Waals surface area contributed by atoms with Crippen LogP contribution in [0.1, 0.15) is 38.2 Å². The van der Waals surface area contributed by atoms with Gasteiger partial charge in [-0.1, -0.05) is 6.92 Å². The predicted octanol–water partition coefficient (Wildman–Crippen LogP) is 2.53. The summed E-state index contributed by atoms with van der Waals surface area (Å²) >= 11 is 5.96. The summed E-state index contributed by atoms with van der Waals surface area (Å²) < 4.78 is 25.3. The van der Waals surface area contributed by atoms with Crippen LogP contribution in [0.15, 0.2) is 28.0 Å². The number of halogens is 1. The van der Waals surface area contributed by atoms with Crippen LogP contribution in [-0.4, -0.2) is 38.7 Å². The van der Waals surface area contributed by atoms with Gasteiger partial charge in [-0.05, 0) is 44.5 Å². The van der Waals surface area contributed by atoms with Crippen molar-refractivity contribution in [3.05, 3.63) is 45.4 Å². The Morgan fingerprint density at radius 2 is 1.93 bits per heavy atom. The maximum Gasteiger partial charge on any atom is 0.295 e.